The van der Waals surface area contributed by atoms with E-state index in [0.29, 0.717) is 5.56 Å². The Morgan fingerprint density at radius 3 is 2.55 bits per heavy atom. The van der Waals surface area contributed by atoms with Gasteiger partial charge in [0.25, 0.3) is 0 Å². The van der Waals surface area contributed by atoms with E-state index in [0.717, 1.165) is 31.2 Å². The molecule has 1 aliphatic carbocycles. The van der Waals surface area contributed by atoms with Crippen molar-refractivity contribution in [2.24, 2.45) is 11.7 Å². The van der Waals surface area contributed by atoms with E-state index in [9.17, 15) is 22.8 Å². The minimum atomic E-state index is -4.53. The molecule has 0 amide bonds. The van der Waals surface area contributed by atoms with Gasteiger partial charge in [0.1, 0.15) is 5.75 Å². The van der Waals surface area contributed by atoms with Crippen LogP contribution in [0.25, 0.3) is 0 Å². The number of aryl methyl sites for hydroxylation is 1. The van der Waals surface area contributed by atoms with Crippen molar-refractivity contribution in [3.8, 4) is 5.75 Å². The number of unbranched alkanes of at least 4 members (excludes halogenated alkanes) is 1. The van der Waals surface area contributed by atoms with Crippen LogP contribution in [0.2, 0.25) is 0 Å². The maximum Gasteiger partial charge on any atom is 0.419 e. The molecule has 0 spiro atoms. The number of hydrogen-bond donors (Lipinski definition) is 2. The van der Waals surface area contributed by atoms with E-state index < -0.39 is 32.6 Å². The van der Waals surface area contributed by atoms with Gasteiger partial charge in [-0.15, -0.1) is 0 Å². The van der Waals surface area contributed by atoms with Gasteiger partial charge in [-0.2, -0.15) is 13.2 Å². The number of alkyl halides is 3. The molecule has 1 aliphatic rings. The maximum absolute atomic E-state index is 13.6. The average molecular weight is 463 g/mol. The Bertz CT molecular complexity index is 683. The zero-order valence-electron chi connectivity index (χ0n) is 17.8. The molecule has 31 heavy (non-hydrogen) atoms. The molecule has 0 heterocycles. The fraction of sp³-hybridized carbons (Fsp3) is 0.727. The predicted octanol–water partition coefficient (Wildman–Crippen LogP) is 5.68. The Morgan fingerprint density at radius 2 is 1.90 bits per heavy atom. The second-order valence-electron chi connectivity index (χ2n) is 8.55. The predicted molar refractivity (Wildman–Crippen MR) is 113 cm³/mol. The van der Waals surface area contributed by atoms with Crippen LogP contribution in [-0.4, -0.2) is 30.5 Å². The van der Waals surface area contributed by atoms with E-state index in [4.69, 9.17) is 15.0 Å². The van der Waals surface area contributed by atoms with Gasteiger partial charge in [0.15, 0.2) is 0 Å². The standard InChI is InChI=1S/C22H33F3NO4P/c23-22(24,25)19-14-18(11-12-21(26,15-27)16-30-31-28)9-10-20(19)29-13-5-4-8-17-6-2-1-3-7-17/h9-10,14,17,27H,1-8,11-13,15-16,26H2. The molecule has 0 bridgehead atoms. The lowest BCUT2D eigenvalue weighted by molar-refractivity contribution is -0.139. The van der Waals surface area contributed by atoms with Gasteiger partial charge in [-0.25, -0.2) is 4.57 Å². The number of aliphatic hydroxyl groups excluding tert-OH is 1. The normalized spacial score (nSPS) is 17.6. The summed E-state index contributed by atoms with van der Waals surface area (Å²) >= 11 is 0. The molecule has 176 valence electrons. The van der Waals surface area contributed by atoms with Crippen molar-refractivity contribution in [1.82, 2.24) is 0 Å². The molecule has 2 rings (SSSR count). The Hall–Kier alpha value is -1.21. The first-order valence-corrected chi connectivity index (χ1v) is 11.7. The first kappa shape index (κ1) is 26.0. The number of ether oxygens (including phenoxy) is 1. The van der Waals surface area contributed by atoms with Crippen molar-refractivity contribution in [3.63, 3.8) is 0 Å². The molecule has 3 N–H and O–H groups in total. The zero-order valence-corrected chi connectivity index (χ0v) is 18.7. The van der Waals surface area contributed by atoms with E-state index in [-0.39, 0.29) is 31.8 Å². The SMILES string of the molecule is NC(CO)(CCc1ccc(OCCCCC2CCCCC2)c(C(F)(F)F)c1)COP=O. The van der Waals surface area contributed by atoms with Crippen molar-refractivity contribution in [2.75, 3.05) is 19.8 Å². The van der Waals surface area contributed by atoms with Crippen LogP contribution in [0, 0.1) is 5.92 Å². The summed E-state index contributed by atoms with van der Waals surface area (Å²) in [5.74, 6) is 0.592. The molecule has 1 unspecified atom stereocenters. The Kier molecular flexibility index (Phi) is 10.7. The van der Waals surface area contributed by atoms with Gasteiger partial charge in [0, 0.05) is 0 Å². The third-order valence-corrected chi connectivity index (χ3v) is 6.20. The van der Waals surface area contributed by atoms with Crippen LogP contribution < -0.4 is 10.5 Å². The molecule has 1 saturated carbocycles. The Morgan fingerprint density at radius 1 is 1.16 bits per heavy atom. The Labute approximate surface area is 183 Å². The second-order valence-corrected chi connectivity index (χ2v) is 8.95. The molecule has 9 heteroatoms. The molecule has 0 aromatic heterocycles. The molecule has 0 aliphatic heterocycles. The van der Waals surface area contributed by atoms with E-state index >= 15 is 0 Å². The first-order valence-electron chi connectivity index (χ1n) is 10.9. The summed E-state index contributed by atoms with van der Waals surface area (Å²) < 4.78 is 61.3. The van der Waals surface area contributed by atoms with E-state index in [2.05, 4.69) is 0 Å². The van der Waals surface area contributed by atoms with Gasteiger partial charge in [-0.1, -0.05) is 44.6 Å². The van der Waals surface area contributed by atoms with Crippen molar-refractivity contribution >= 4 is 8.69 Å². The van der Waals surface area contributed by atoms with Crippen molar-refractivity contribution in [3.05, 3.63) is 29.3 Å². The van der Waals surface area contributed by atoms with Gasteiger partial charge in [0.2, 0.25) is 0 Å². The molecule has 0 radical (unpaired) electrons. The fourth-order valence-electron chi connectivity index (χ4n) is 4.02. The van der Waals surface area contributed by atoms with Crippen molar-refractivity contribution in [1.29, 1.82) is 0 Å². The zero-order chi connectivity index (χ0) is 22.7. The van der Waals surface area contributed by atoms with Crippen LogP contribution in [0.1, 0.15) is 68.9 Å². The van der Waals surface area contributed by atoms with E-state index in [1.54, 1.807) is 6.07 Å². The summed E-state index contributed by atoms with van der Waals surface area (Å²) in [6, 6.07) is 4.00. The molecule has 1 aromatic carbocycles. The molecular weight excluding hydrogens is 430 g/mol. The summed E-state index contributed by atoms with van der Waals surface area (Å²) in [5, 5.41) is 9.43. The van der Waals surface area contributed by atoms with Crippen molar-refractivity contribution < 1.29 is 32.1 Å². The summed E-state index contributed by atoms with van der Waals surface area (Å²) in [6.07, 6.45) is 5.11. The number of nitrogens with two attached hydrogens (primary N) is 1. The van der Waals surface area contributed by atoms with Gasteiger partial charge in [-0.05, 0) is 49.3 Å². The van der Waals surface area contributed by atoms with E-state index in [1.165, 1.54) is 38.2 Å². The number of rotatable bonds is 13. The largest absolute Gasteiger partial charge is 0.493 e. The van der Waals surface area contributed by atoms with E-state index in [1.807, 2.05) is 0 Å². The lowest BCUT2D eigenvalue weighted by Crippen LogP contribution is -2.47. The summed E-state index contributed by atoms with van der Waals surface area (Å²) in [6.45, 7) is -0.337. The summed E-state index contributed by atoms with van der Waals surface area (Å²) in [7, 11) is -0.563. The third kappa shape index (κ3) is 9.05. The Balaban J connectivity index is 1.90. The smallest absolute Gasteiger partial charge is 0.419 e. The van der Waals surface area contributed by atoms with Gasteiger partial charge < -0.3 is 15.6 Å². The number of halogens is 3. The van der Waals surface area contributed by atoms with Crippen LogP contribution in [0.3, 0.4) is 0 Å². The van der Waals surface area contributed by atoms with Crippen LogP contribution in [-0.2, 0) is 21.7 Å². The average Bonchev–Trinajstić information content (AvgIpc) is 2.76. The van der Waals surface area contributed by atoms with Gasteiger partial charge in [0.05, 0.1) is 30.9 Å². The molecule has 5 nitrogen and oxygen atoms in total. The number of benzene rings is 1. The monoisotopic (exact) mass is 463 g/mol. The van der Waals surface area contributed by atoms with Crippen LogP contribution in [0.15, 0.2) is 18.2 Å². The number of aliphatic hydroxyl groups is 1. The first-order chi connectivity index (χ1) is 14.8. The summed E-state index contributed by atoms with van der Waals surface area (Å²) in [5.41, 5.74) is 4.41. The highest BCUT2D eigenvalue weighted by atomic mass is 31.1. The van der Waals surface area contributed by atoms with Gasteiger partial charge >= 0.3 is 14.9 Å². The second kappa shape index (κ2) is 12.7. The lowest BCUT2D eigenvalue weighted by Gasteiger charge is -2.25. The van der Waals surface area contributed by atoms with Crippen molar-refractivity contribution in [2.45, 2.75) is 75.9 Å². The third-order valence-electron chi connectivity index (χ3n) is 5.97. The molecule has 1 fully saturated rings. The molecular formula is C22H33F3NO4P. The highest BCUT2D eigenvalue weighted by molar-refractivity contribution is 7.17. The van der Waals surface area contributed by atoms with Crippen LogP contribution in [0.4, 0.5) is 13.2 Å². The fourth-order valence-corrected chi connectivity index (χ4v) is 4.33. The topological polar surface area (TPSA) is 81.8 Å². The van der Waals surface area contributed by atoms with Crippen LogP contribution in [0.5, 0.6) is 5.75 Å². The minimum absolute atomic E-state index is 0.163. The molecule has 1 aromatic rings. The highest BCUT2D eigenvalue weighted by Crippen LogP contribution is 2.37. The summed E-state index contributed by atoms with van der Waals surface area (Å²) in [4.78, 5) is 0. The highest BCUT2D eigenvalue weighted by Gasteiger charge is 2.35. The lowest BCUT2D eigenvalue weighted by atomic mass is 9.86. The maximum atomic E-state index is 13.6. The quantitative estimate of drug-likeness (QED) is 0.291. The van der Waals surface area contributed by atoms with Crippen LogP contribution >= 0.6 is 8.69 Å². The van der Waals surface area contributed by atoms with Gasteiger partial charge in [-0.3, -0.25) is 4.52 Å². The minimum Gasteiger partial charge on any atom is -0.493 e. The number of hydrogen-bond acceptors (Lipinski definition) is 5. The molecule has 0 saturated heterocycles. The molecule has 1 atom stereocenters.